The number of carboxylic acid groups (broad SMARTS) is 1. The number of nitrogens with zero attached hydrogens (tertiary/aromatic N) is 2. The number of hydrogen-bond acceptors (Lipinski definition) is 3. The van der Waals surface area contributed by atoms with Gasteiger partial charge in [-0.25, -0.2) is 0 Å². The predicted molar refractivity (Wildman–Crippen MR) is 64.1 cm³/mol. The molecule has 0 radical (unpaired) electrons. The van der Waals surface area contributed by atoms with Crippen molar-refractivity contribution in [2.45, 2.75) is 26.7 Å². The van der Waals surface area contributed by atoms with Crippen LogP contribution in [0.5, 0.6) is 0 Å². The highest BCUT2D eigenvalue weighted by atomic mass is 16.4. The van der Waals surface area contributed by atoms with E-state index in [1.54, 1.807) is 4.90 Å². The second-order valence-electron chi connectivity index (χ2n) is 4.85. The van der Waals surface area contributed by atoms with E-state index in [1.807, 2.05) is 13.8 Å². The third-order valence-electron chi connectivity index (χ3n) is 3.38. The maximum atomic E-state index is 12.0. The Hall–Kier alpha value is -1.85. The molecule has 1 amide bonds. The molecule has 0 atom stereocenters. The summed E-state index contributed by atoms with van der Waals surface area (Å²) < 4.78 is 0. The summed E-state index contributed by atoms with van der Waals surface area (Å²) in [6, 6.07) is 0. The zero-order valence-corrected chi connectivity index (χ0v) is 10.6. The van der Waals surface area contributed by atoms with Gasteiger partial charge in [0.2, 0.25) is 5.91 Å². The Bertz CT molecular complexity index is 455. The molecule has 6 nitrogen and oxygen atoms in total. The number of carboxylic acids is 1. The summed E-state index contributed by atoms with van der Waals surface area (Å²) in [4.78, 5) is 24.2. The maximum Gasteiger partial charge on any atom is 0.303 e. The second-order valence-corrected chi connectivity index (χ2v) is 4.85. The van der Waals surface area contributed by atoms with Gasteiger partial charge in [-0.2, -0.15) is 5.10 Å². The number of rotatable bonds is 4. The van der Waals surface area contributed by atoms with Crippen LogP contribution in [0, 0.1) is 19.8 Å². The molecule has 1 aromatic heterocycles. The number of aromatic amines is 1. The minimum atomic E-state index is -0.798. The van der Waals surface area contributed by atoms with Gasteiger partial charge in [0, 0.05) is 30.3 Å². The standard InChI is InChI=1S/C12H17N3O3/c1-7-10(8(2)14-13-7)4-11(16)15-5-9(6-15)3-12(17)18/h9H,3-6H2,1-2H3,(H,13,14)(H,17,18). The lowest BCUT2D eigenvalue weighted by Gasteiger charge is -2.38. The molecule has 2 rings (SSSR count). The summed E-state index contributed by atoms with van der Waals surface area (Å²) in [6.45, 7) is 4.88. The van der Waals surface area contributed by atoms with Crippen LogP contribution >= 0.6 is 0 Å². The van der Waals surface area contributed by atoms with Crippen LogP contribution < -0.4 is 0 Å². The first kappa shape index (κ1) is 12.6. The van der Waals surface area contributed by atoms with E-state index in [2.05, 4.69) is 10.2 Å². The summed E-state index contributed by atoms with van der Waals surface area (Å²) >= 11 is 0. The molecule has 0 unspecified atom stereocenters. The lowest BCUT2D eigenvalue weighted by molar-refractivity contribution is -0.144. The predicted octanol–water partition coefficient (Wildman–Crippen LogP) is 0.502. The molecule has 0 aromatic carbocycles. The smallest absolute Gasteiger partial charge is 0.303 e. The van der Waals surface area contributed by atoms with E-state index in [4.69, 9.17) is 5.11 Å². The normalized spacial score (nSPS) is 15.6. The molecular weight excluding hydrogens is 234 g/mol. The minimum Gasteiger partial charge on any atom is -0.481 e. The molecular formula is C12H17N3O3. The first-order chi connectivity index (χ1) is 8.47. The first-order valence-corrected chi connectivity index (χ1v) is 5.97. The summed E-state index contributed by atoms with van der Waals surface area (Å²) in [6.07, 6.45) is 0.488. The maximum absolute atomic E-state index is 12.0. The highest BCUT2D eigenvalue weighted by Crippen LogP contribution is 2.21. The van der Waals surface area contributed by atoms with Gasteiger partial charge >= 0.3 is 5.97 Å². The zero-order valence-electron chi connectivity index (χ0n) is 10.6. The number of aliphatic carboxylic acids is 1. The number of amides is 1. The van der Waals surface area contributed by atoms with Crippen LogP contribution in [-0.2, 0) is 16.0 Å². The van der Waals surface area contributed by atoms with Crippen molar-refractivity contribution in [1.29, 1.82) is 0 Å². The highest BCUT2D eigenvalue weighted by Gasteiger charge is 2.32. The van der Waals surface area contributed by atoms with Crippen molar-refractivity contribution in [2.75, 3.05) is 13.1 Å². The van der Waals surface area contributed by atoms with E-state index in [1.165, 1.54) is 0 Å². The molecule has 0 bridgehead atoms. The third-order valence-corrected chi connectivity index (χ3v) is 3.38. The zero-order chi connectivity index (χ0) is 13.3. The van der Waals surface area contributed by atoms with Gasteiger partial charge in [0.1, 0.15) is 0 Å². The first-order valence-electron chi connectivity index (χ1n) is 5.97. The molecule has 1 aliphatic heterocycles. The van der Waals surface area contributed by atoms with Crippen molar-refractivity contribution >= 4 is 11.9 Å². The van der Waals surface area contributed by atoms with Crippen LogP contribution in [0.25, 0.3) is 0 Å². The molecule has 1 aliphatic rings. The van der Waals surface area contributed by atoms with E-state index in [9.17, 15) is 9.59 Å². The molecule has 0 aliphatic carbocycles. The van der Waals surface area contributed by atoms with Gasteiger partial charge in [-0.15, -0.1) is 0 Å². The summed E-state index contributed by atoms with van der Waals surface area (Å²) in [7, 11) is 0. The highest BCUT2D eigenvalue weighted by molar-refractivity contribution is 5.80. The Morgan fingerprint density at radius 2 is 2.11 bits per heavy atom. The average molecular weight is 251 g/mol. The van der Waals surface area contributed by atoms with Crippen LogP contribution in [0.15, 0.2) is 0 Å². The number of likely N-dealkylation sites (tertiary alicyclic amines) is 1. The van der Waals surface area contributed by atoms with Gasteiger partial charge < -0.3 is 10.0 Å². The van der Waals surface area contributed by atoms with Gasteiger partial charge in [-0.1, -0.05) is 0 Å². The number of nitrogens with one attached hydrogen (secondary N) is 1. The van der Waals surface area contributed by atoms with Gasteiger partial charge in [-0.3, -0.25) is 14.7 Å². The third kappa shape index (κ3) is 2.52. The van der Waals surface area contributed by atoms with Crippen molar-refractivity contribution < 1.29 is 14.7 Å². The molecule has 18 heavy (non-hydrogen) atoms. The van der Waals surface area contributed by atoms with Crippen molar-refractivity contribution in [2.24, 2.45) is 5.92 Å². The van der Waals surface area contributed by atoms with Crippen LogP contribution in [0.1, 0.15) is 23.4 Å². The number of aryl methyl sites for hydroxylation is 2. The number of carbonyl (C=O) groups is 2. The number of carbonyl (C=O) groups excluding carboxylic acids is 1. The van der Waals surface area contributed by atoms with E-state index in [-0.39, 0.29) is 18.2 Å². The molecule has 0 spiro atoms. The Kier molecular flexibility index (Phi) is 3.36. The quantitative estimate of drug-likeness (QED) is 0.816. The van der Waals surface area contributed by atoms with Gasteiger partial charge in [0.15, 0.2) is 0 Å². The topological polar surface area (TPSA) is 86.3 Å². The monoisotopic (exact) mass is 251 g/mol. The van der Waals surface area contributed by atoms with Crippen LogP contribution in [0.2, 0.25) is 0 Å². The Morgan fingerprint density at radius 3 is 2.61 bits per heavy atom. The van der Waals surface area contributed by atoms with Crippen molar-refractivity contribution in [1.82, 2.24) is 15.1 Å². The number of H-pyrrole nitrogens is 1. The fourth-order valence-electron chi connectivity index (χ4n) is 2.25. The fourth-order valence-corrected chi connectivity index (χ4v) is 2.25. The minimum absolute atomic E-state index is 0.0456. The molecule has 1 saturated heterocycles. The summed E-state index contributed by atoms with van der Waals surface area (Å²) in [5.41, 5.74) is 2.72. The van der Waals surface area contributed by atoms with E-state index < -0.39 is 5.97 Å². The molecule has 1 aromatic rings. The van der Waals surface area contributed by atoms with Crippen LogP contribution in [-0.4, -0.2) is 45.2 Å². The van der Waals surface area contributed by atoms with E-state index in [0.717, 1.165) is 17.0 Å². The Labute approximate surface area is 105 Å². The van der Waals surface area contributed by atoms with Gasteiger partial charge in [-0.05, 0) is 13.8 Å². The SMILES string of the molecule is Cc1n[nH]c(C)c1CC(=O)N1CC(CC(=O)O)C1. The van der Waals surface area contributed by atoms with Crippen molar-refractivity contribution in [3.8, 4) is 0 Å². The fraction of sp³-hybridized carbons (Fsp3) is 0.583. The molecule has 6 heteroatoms. The Balaban J connectivity index is 1.86. The molecule has 0 saturated carbocycles. The summed E-state index contributed by atoms with van der Waals surface area (Å²) in [5.74, 6) is -0.643. The van der Waals surface area contributed by atoms with E-state index in [0.29, 0.717) is 19.5 Å². The largest absolute Gasteiger partial charge is 0.481 e. The lowest BCUT2D eigenvalue weighted by atomic mass is 9.95. The number of aromatic nitrogens is 2. The van der Waals surface area contributed by atoms with E-state index >= 15 is 0 Å². The van der Waals surface area contributed by atoms with Crippen LogP contribution in [0.3, 0.4) is 0 Å². The molecule has 98 valence electrons. The average Bonchev–Trinajstić information content (AvgIpc) is 2.54. The second kappa shape index (κ2) is 4.80. The van der Waals surface area contributed by atoms with Crippen molar-refractivity contribution in [3.63, 3.8) is 0 Å². The lowest BCUT2D eigenvalue weighted by Crippen LogP contribution is -2.51. The summed E-state index contributed by atoms with van der Waals surface area (Å²) in [5, 5.41) is 15.5. The number of hydrogen-bond donors (Lipinski definition) is 2. The van der Waals surface area contributed by atoms with Gasteiger partial charge in [0.25, 0.3) is 0 Å². The molecule has 2 heterocycles. The Morgan fingerprint density at radius 1 is 1.44 bits per heavy atom. The van der Waals surface area contributed by atoms with Gasteiger partial charge in [0.05, 0.1) is 18.5 Å². The molecule has 2 N–H and O–H groups in total. The van der Waals surface area contributed by atoms with Crippen molar-refractivity contribution in [3.05, 3.63) is 17.0 Å². The van der Waals surface area contributed by atoms with Crippen LogP contribution in [0.4, 0.5) is 0 Å². The molecule has 1 fully saturated rings.